The number of H-pyrrole nitrogens is 1. The van der Waals surface area contributed by atoms with Crippen molar-refractivity contribution >= 4 is 12.2 Å². The summed E-state index contributed by atoms with van der Waals surface area (Å²) in [6.07, 6.45) is 3.51. The summed E-state index contributed by atoms with van der Waals surface area (Å²) < 4.78 is 16.6. The molecular weight excluding hydrogens is 414 g/mol. The summed E-state index contributed by atoms with van der Waals surface area (Å²) >= 11 is 4.91. The predicted molar refractivity (Wildman–Crippen MR) is 114 cm³/mol. The molecule has 1 N–H and O–H groups in total. The molecule has 0 saturated carbocycles. The van der Waals surface area contributed by atoms with Crippen LogP contribution in [-0.4, -0.2) is 25.3 Å². The van der Waals surface area contributed by atoms with E-state index >= 15 is 0 Å². The fourth-order valence-corrected chi connectivity index (χ4v) is 3.07. The molecule has 0 aliphatic carbocycles. The number of aromatic nitrogens is 5. The summed E-state index contributed by atoms with van der Waals surface area (Å²) in [7, 11) is 0. The molecular formula is C22H15N5O3S. The second-order valence-corrected chi connectivity index (χ2v) is 6.97. The van der Waals surface area contributed by atoms with Crippen LogP contribution < -0.4 is 4.74 Å². The Bertz CT molecular complexity index is 1360. The lowest BCUT2D eigenvalue weighted by molar-refractivity contribution is 0.306. The molecule has 8 nitrogen and oxygen atoms in total. The van der Waals surface area contributed by atoms with Crippen molar-refractivity contribution in [3.05, 3.63) is 83.5 Å². The molecule has 9 heteroatoms. The first-order valence-electron chi connectivity index (χ1n) is 9.37. The van der Waals surface area contributed by atoms with Gasteiger partial charge in [-0.05, 0) is 54.7 Å². The molecule has 0 aliphatic heterocycles. The van der Waals surface area contributed by atoms with Gasteiger partial charge in [0.05, 0.1) is 0 Å². The van der Waals surface area contributed by atoms with Gasteiger partial charge in [-0.15, -0.1) is 5.10 Å². The van der Waals surface area contributed by atoms with E-state index in [4.69, 9.17) is 25.9 Å². The first kappa shape index (κ1) is 18.9. The number of hydrogen-bond donors (Lipinski definition) is 1. The van der Waals surface area contributed by atoms with Gasteiger partial charge in [-0.3, -0.25) is 4.98 Å². The van der Waals surface area contributed by atoms with Gasteiger partial charge >= 0.3 is 0 Å². The highest BCUT2D eigenvalue weighted by molar-refractivity contribution is 7.71. The Labute approximate surface area is 181 Å². The average molecular weight is 429 g/mol. The largest absolute Gasteiger partial charge is 0.489 e. The maximum absolute atomic E-state index is 5.85. The number of benzene rings is 2. The van der Waals surface area contributed by atoms with Crippen molar-refractivity contribution in [3.63, 3.8) is 0 Å². The van der Waals surface area contributed by atoms with Crippen molar-refractivity contribution in [2.45, 2.75) is 6.61 Å². The van der Waals surface area contributed by atoms with E-state index in [2.05, 4.69) is 25.3 Å². The summed E-state index contributed by atoms with van der Waals surface area (Å²) in [6, 6.07) is 18.8. The van der Waals surface area contributed by atoms with E-state index in [-0.39, 0.29) is 4.84 Å². The molecule has 0 fully saturated rings. The van der Waals surface area contributed by atoms with Crippen LogP contribution in [0.1, 0.15) is 5.56 Å². The van der Waals surface area contributed by atoms with Crippen LogP contribution in [-0.2, 0) is 6.61 Å². The molecule has 0 spiro atoms. The topological polar surface area (TPSA) is 103 Å². The molecule has 0 bridgehead atoms. The number of pyridine rings is 1. The first-order valence-corrected chi connectivity index (χ1v) is 9.77. The summed E-state index contributed by atoms with van der Waals surface area (Å²) in [4.78, 5) is 8.83. The Balaban J connectivity index is 1.33. The monoisotopic (exact) mass is 429 g/mol. The van der Waals surface area contributed by atoms with Crippen molar-refractivity contribution in [2.24, 2.45) is 0 Å². The molecule has 0 amide bonds. The van der Waals surface area contributed by atoms with Crippen molar-refractivity contribution in [2.75, 3.05) is 0 Å². The fourth-order valence-electron chi connectivity index (χ4n) is 2.94. The highest BCUT2D eigenvalue weighted by atomic mass is 32.1. The minimum absolute atomic E-state index is 0.229. The van der Waals surface area contributed by atoms with Crippen molar-refractivity contribution < 1.29 is 13.7 Å². The molecule has 3 heterocycles. The van der Waals surface area contributed by atoms with Gasteiger partial charge in [-0.2, -0.15) is 4.98 Å². The second kappa shape index (κ2) is 8.33. The van der Waals surface area contributed by atoms with Crippen LogP contribution in [0.2, 0.25) is 0 Å². The maximum atomic E-state index is 5.85. The van der Waals surface area contributed by atoms with Crippen LogP contribution in [0, 0.1) is 4.84 Å². The lowest BCUT2D eigenvalue weighted by atomic mass is 10.1. The minimum Gasteiger partial charge on any atom is -0.489 e. The van der Waals surface area contributed by atoms with Gasteiger partial charge in [-0.1, -0.05) is 23.4 Å². The van der Waals surface area contributed by atoms with E-state index in [1.54, 1.807) is 12.4 Å². The predicted octanol–water partition coefficient (Wildman–Crippen LogP) is 5.09. The normalized spacial score (nSPS) is 10.8. The molecule has 0 unspecified atom stereocenters. The number of nitrogens with one attached hydrogen (secondary N) is 1. The zero-order chi connectivity index (χ0) is 21.0. The Morgan fingerprint density at radius 2 is 1.77 bits per heavy atom. The van der Waals surface area contributed by atoms with Crippen molar-refractivity contribution in [1.29, 1.82) is 0 Å². The van der Waals surface area contributed by atoms with Gasteiger partial charge in [0, 0.05) is 34.6 Å². The SMILES string of the molecule is S=c1[nH]nc(-c2ccc(-c3nc(-c4cccc(OCc5cccnc5)c4)no3)cc2)o1. The summed E-state index contributed by atoms with van der Waals surface area (Å²) in [5.41, 5.74) is 3.35. The van der Waals surface area contributed by atoms with Gasteiger partial charge in [0.2, 0.25) is 11.7 Å². The lowest BCUT2D eigenvalue weighted by Crippen LogP contribution is -1.95. The van der Waals surface area contributed by atoms with Crippen LogP contribution >= 0.6 is 12.2 Å². The number of rotatable bonds is 6. The molecule has 0 saturated heterocycles. The van der Waals surface area contributed by atoms with Crippen molar-refractivity contribution in [3.8, 4) is 40.0 Å². The molecule has 5 aromatic rings. The Morgan fingerprint density at radius 1 is 0.935 bits per heavy atom. The van der Waals surface area contributed by atoms with Crippen LogP contribution in [0.4, 0.5) is 0 Å². The summed E-state index contributed by atoms with van der Waals surface area (Å²) in [5.74, 6) is 2.02. The number of ether oxygens (including phenoxy) is 1. The smallest absolute Gasteiger partial charge is 0.284 e. The lowest BCUT2D eigenvalue weighted by Gasteiger charge is -2.06. The van der Waals surface area contributed by atoms with Crippen molar-refractivity contribution in [1.82, 2.24) is 25.3 Å². The van der Waals surface area contributed by atoms with Gasteiger partial charge in [-0.25, -0.2) is 5.10 Å². The highest BCUT2D eigenvalue weighted by Gasteiger charge is 2.12. The van der Waals surface area contributed by atoms with Gasteiger partial charge in [0.1, 0.15) is 12.4 Å². The molecule has 2 aromatic carbocycles. The third-order valence-corrected chi connectivity index (χ3v) is 4.64. The first-order chi connectivity index (χ1) is 15.2. The van der Waals surface area contributed by atoms with Gasteiger partial charge < -0.3 is 13.7 Å². The molecule has 0 atom stereocenters. The molecule has 31 heavy (non-hydrogen) atoms. The van der Waals surface area contributed by atoms with Crippen LogP contribution in [0.5, 0.6) is 5.75 Å². The molecule has 0 aliphatic rings. The fraction of sp³-hybridized carbons (Fsp3) is 0.0455. The Hall–Kier alpha value is -4.11. The zero-order valence-corrected chi connectivity index (χ0v) is 16.9. The molecule has 0 radical (unpaired) electrons. The molecule has 152 valence electrons. The van der Waals surface area contributed by atoms with E-state index in [0.29, 0.717) is 30.0 Å². The van der Waals surface area contributed by atoms with Crippen LogP contribution in [0.3, 0.4) is 0 Å². The van der Waals surface area contributed by atoms with E-state index in [1.165, 1.54) is 0 Å². The number of aromatic amines is 1. The number of hydrogen-bond acceptors (Lipinski definition) is 8. The van der Waals surface area contributed by atoms with E-state index in [9.17, 15) is 0 Å². The second-order valence-electron chi connectivity index (χ2n) is 6.60. The molecule has 5 rings (SSSR count). The average Bonchev–Trinajstić information content (AvgIpc) is 3.48. The Kier molecular flexibility index (Phi) is 5.07. The Morgan fingerprint density at radius 3 is 2.52 bits per heavy atom. The standard InChI is InChI=1S/C22H15N5O3S/c31-22-26-25-21(29-22)16-8-6-15(7-9-16)20-24-19(27-30-20)17-4-1-5-18(11-17)28-13-14-3-2-10-23-12-14/h1-12H,13H2,(H,26,31). The number of nitrogens with zero attached hydrogens (tertiary/aromatic N) is 4. The molecule has 3 aromatic heterocycles. The summed E-state index contributed by atoms with van der Waals surface area (Å²) in [6.45, 7) is 0.427. The third-order valence-electron chi connectivity index (χ3n) is 4.46. The maximum Gasteiger partial charge on any atom is 0.284 e. The van der Waals surface area contributed by atoms with Crippen LogP contribution in [0.25, 0.3) is 34.3 Å². The minimum atomic E-state index is 0.229. The van der Waals surface area contributed by atoms with E-state index in [0.717, 1.165) is 22.3 Å². The zero-order valence-electron chi connectivity index (χ0n) is 16.1. The van der Waals surface area contributed by atoms with E-state index < -0.39 is 0 Å². The quantitative estimate of drug-likeness (QED) is 0.372. The third kappa shape index (κ3) is 4.26. The highest BCUT2D eigenvalue weighted by Crippen LogP contribution is 2.27. The van der Waals surface area contributed by atoms with Crippen LogP contribution in [0.15, 0.2) is 82.0 Å². The van der Waals surface area contributed by atoms with Gasteiger partial charge in [0.25, 0.3) is 10.7 Å². The van der Waals surface area contributed by atoms with Gasteiger partial charge in [0.15, 0.2) is 0 Å². The van der Waals surface area contributed by atoms with E-state index in [1.807, 2.05) is 60.7 Å². The summed E-state index contributed by atoms with van der Waals surface area (Å²) in [5, 5.41) is 10.7.